The standard InChI is InChI=1S/C26H32N6O3/c1-5-17(33)13-28-19-6-9-27-25(34)22(19)24-29-20-12-18-21(14(2)23(20)30-24)15(3)32(26(18)35)16-7-10-31(4)11-8-16/h6,9,12,16-17,33,35H,3,5,7-8,10-11,13H2,1-2,4H3,(H2,27,28,34)/t17-/m0/s1. The Hall–Kier alpha value is -3.43. The number of H-pyrrole nitrogens is 1. The van der Waals surface area contributed by atoms with E-state index in [9.17, 15) is 15.0 Å². The van der Waals surface area contributed by atoms with Crippen molar-refractivity contribution < 1.29 is 10.2 Å². The molecule has 0 amide bonds. The van der Waals surface area contributed by atoms with Gasteiger partial charge in [-0.25, -0.2) is 9.98 Å². The normalized spacial score (nSPS) is 17.3. The fraction of sp³-hybridized carbons (Fsp3) is 0.423. The molecule has 4 heterocycles. The third-order valence-electron chi connectivity index (χ3n) is 7.25. The van der Waals surface area contributed by atoms with Crippen molar-refractivity contribution >= 4 is 34.6 Å². The third kappa shape index (κ3) is 3.94. The summed E-state index contributed by atoms with van der Waals surface area (Å²) in [5.74, 6) is 0.516. The molecule has 1 aromatic carbocycles. The summed E-state index contributed by atoms with van der Waals surface area (Å²) in [6.07, 6.45) is 3.55. The highest BCUT2D eigenvalue weighted by Crippen LogP contribution is 2.34. The molecule has 184 valence electrons. The molecule has 0 saturated carbocycles. The molecule has 4 N–H and O–H groups in total. The number of fused-ring (bicyclic) bond motifs is 2. The van der Waals surface area contributed by atoms with Gasteiger partial charge in [-0.05, 0) is 64.0 Å². The van der Waals surface area contributed by atoms with Crippen molar-refractivity contribution in [3.8, 4) is 5.88 Å². The van der Waals surface area contributed by atoms with Crippen LogP contribution in [0.25, 0.3) is 17.4 Å². The molecule has 0 radical (unpaired) electrons. The van der Waals surface area contributed by atoms with E-state index in [0.29, 0.717) is 46.5 Å². The van der Waals surface area contributed by atoms with Gasteiger partial charge >= 0.3 is 0 Å². The number of hydrogen-bond donors (Lipinski definition) is 4. The number of aliphatic hydroxyl groups is 1. The summed E-state index contributed by atoms with van der Waals surface area (Å²) in [7, 11) is 2.11. The van der Waals surface area contributed by atoms with Crippen molar-refractivity contribution in [3.05, 3.63) is 50.5 Å². The molecule has 9 heteroatoms. The number of pyridine rings is 1. The number of aromatic nitrogens is 2. The largest absolute Gasteiger partial charge is 0.494 e. The van der Waals surface area contributed by atoms with E-state index in [-0.39, 0.29) is 17.5 Å². The Bertz CT molecular complexity index is 1490. The molecule has 1 saturated heterocycles. The first-order valence-corrected chi connectivity index (χ1v) is 12.2. The van der Waals surface area contributed by atoms with Gasteiger partial charge in [-0.3, -0.25) is 4.79 Å². The van der Waals surface area contributed by atoms with E-state index >= 15 is 0 Å². The second kappa shape index (κ2) is 8.98. The Balaban J connectivity index is 1.59. The lowest BCUT2D eigenvalue weighted by Gasteiger charge is -2.30. The molecule has 2 aromatic heterocycles. The van der Waals surface area contributed by atoms with Crippen LogP contribution in [0.1, 0.15) is 43.4 Å². The molecule has 2 aliphatic heterocycles. The summed E-state index contributed by atoms with van der Waals surface area (Å²) >= 11 is 0. The maximum Gasteiger partial charge on any atom is 0.261 e. The van der Waals surface area contributed by atoms with E-state index in [0.717, 1.165) is 42.2 Å². The summed E-state index contributed by atoms with van der Waals surface area (Å²) in [5.41, 5.74) is 2.07. The maximum atomic E-state index is 12.8. The first-order valence-electron chi connectivity index (χ1n) is 12.2. The maximum absolute atomic E-state index is 12.8. The number of nitrogens with zero attached hydrogens (tertiary/aromatic N) is 4. The number of rotatable bonds is 6. The van der Waals surface area contributed by atoms with Gasteiger partial charge in [0.1, 0.15) is 5.56 Å². The molecule has 0 aliphatic carbocycles. The molecule has 2 aliphatic rings. The zero-order valence-corrected chi connectivity index (χ0v) is 20.4. The number of aryl methyl sites for hydroxylation is 1. The molecule has 1 fully saturated rings. The molecule has 0 unspecified atom stereocenters. The predicted octanol–water partition coefficient (Wildman–Crippen LogP) is 1.91. The Labute approximate surface area is 203 Å². The Morgan fingerprint density at radius 2 is 2.06 bits per heavy atom. The number of piperidine rings is 1. The number of amidine groups is 1. The van der Waals surface area contributed by atoms with E-state index in [1.165, 1.54) is 0 Å². The number of aliphatic hydroxyl groups excluding tert-OH is 1. The second-order valence-corrected chi connectivity index (χ2v) is 9.55. The highest BCUT2D eigenvalue weighted by atomic mass is 16.3. The summed E-state index contributed by atoms with van der Waals surface area (Å²) in [6.45, 7) is 10.5. The number of aromatic amines is 1. The van der Waals surface area contributed by atoms with Crippen LogP contribution < -0.4 is 21.6 Å². The van der Waals surface area contributed by atoms with Crippen LogP contribution in [0, 0.1) is 6.92 Å². The van der Waals surface area contributed by atoms with Crippen LogP contribution in [-0.4, -0.2) is 63.3 Å². The van der Waals surface area contributed by atoms with Crippen molar-refractivity contribution in [1.29, 1.82) is 0 Å². The van der Waals surface area contributed by atoms with Crippen molar-refractivity contribution in [2.24, 2.45) is 9.98 Å². The van der Waals surface area contributed by atoms with E-state index in [1.54, 1.807) is 12.3 Å². The predicted molar refractivity (Wildman–Crippen MR) is 138 cm³/mol. The van der Waals surface area contributed by atoms with Crippen molar-refractivity contribution in [2.75, 3.05) is 32.0 Å². The van der Waals surface area contributed by atoms with Gasteiger partial charge < -0.3 is 30.0 Å². The van der Waals surface area contributed by atoms with Gasteiger partial charge in [0.25, 0.3) is 5.56 Å². The highest BCUT2D eigenvalue weighted by Gasteiger charge is 2.26. The molecular formula is C26H32N6O3. The number of benzene rings is 1. The van der Waals surface area contributed by atoms with Crippen LogP contribution in [0.3, 0.4) is 0 Å². The van der Waals surface area contributed by atoms with Crippen molar-refractivity contribution in [2.45, 2.75) is 45.3 Å². The van der Waals surface area contributed by atoms with Gasteiger partial charge in [0.15, 0.2) is 11.7 Å². The minimum atomic E-state index is -0.524. The van der Waals surface area contributed by atoms with Crippen LogP contribution in [0.5, 0.6) is 5.88 Å². The summed E-state index contributed by atoms with van der Waals surface area (Å²) < 4.78 is 1.97. The van der Waals surface area contributed by atoms with Gasteiger partial charge in [0.2, 0.25) is 0 Å². The van der Waals surface area contributed by atoms with Crippen LogP contribution >= 0.6 is 0 Å². The number of likely N-dealkylation sites (tertiary alicyclic amines) is 1. The highest BCUT2D eigenvalue weighted by molar-refractivity contribution is 6.07. The number of aliphatic imine (C=N–C) groups is 1. The molecule has 9 nitrogen and oxygen atoms in total. The number of aromatic hydroxyl groups is 1. The molecule has 0 bridgehead atoms. The van der Waals surface area contributed by atoms with Gasteiger partial charge in [0.05, 0.1) is 22.8 Å². The van der Waals surface area contributed by atoms with E-state index in [4.69, 9.17) is 4.99 Å². The lowest BCUT2D eigenvalue weighted by molar-refractivity contribution is 0.183. The lowest BCUT2D eigenvalue weighted by Crippen LogP contribution is -2.34. The van der Waals surface area contributed by atoms with Crippen molar-refractivity contribution in [3.63, 3.8) is 0 Å². The molecular weight excluding hydrogens is 444 g/mol. The zero-order chi connectivity index (χ0) is 24.9. The average Bonchev–Trinajstić information content (AvgIpc) is 3.37. The fourth-order valence-corrected chi connectivity index (χ4v) is 5.17. The molecule has 1 atom stereocenters. The van der Waals surface area contributed by atoms with Crippen LogP contribution in [0.15, 0.2) is 33.1 Å². The van der Waals surface area contributed by atoms with E-state index < -0.39 is 6.10 Å². The number of nitrogens with one attached hydrogen (secondary N) is 2. The fourth-order valence-electron chi connectivity index (χ4n) is 5.17. The first-order chi connectivity index (χ1) is 16.8. The van der Waals surface area contributed by atoms with Crippen LogP contribution in [0.4, 0.5) is 11.4 Å². The van der Waals surface area contributed by atoms with Gasteiger partial charge in [0, 0.05) is 34.9 Å². The minimum absolute atomic E-state index is 0.200. The summed E-state index contributed by atoms with van der Waals surface area (Å²) in [6, 6.07) is 3.79. The van der Waals surface area contributed by atoms with Crippen molar-refractivity contribution in [1.82, 2.24) is 14.5 Å². The van der Waals surface area contributed by atoms with E-state index in [2.05, 4.69) is 33.8 Å². The minimum Gasteiger partial charge on any atom is -0.494 e. The van der Waals surface area contributed by atoms with Crippen LogP contribution in [0.2, 0.25) is 0 Å². The van der Waals surface area contributed by atoms with Crippen LogP contribution in [-0.2, 0) is 0 Å². The second-order valence-electron chi connectivity index (χ2n) is 9.55. The molecule has 3 aromatic rings. The SMILES string of the molecule is C=c1c2c(C)c3c(cc2c(O)n1C1CCN(C)CC1)N=C(c1c(NC[C@@H](O)CC)cc[nH]c1=O)N=3. The van der Waals surface area contributed by atoms with Gasteiger partial charge in [-0.1, -0.05) is 13.5 Å². The average molecular weight is 477 g/mol. The Morgan fingerprint density at radius 3 is 2.77 bits per heavy atom. The molecule has 35 heavy (non-hydrogen) atoms. The molecule has 5 rings (SSSR count). The lowest BCUT2D eigenvalue weighted by atomic mass is 10.1. The van der Waals surface area contributed by atoms with Gasteiger partial charge in [-0.2, -0.15) is 0 Å². The van der Waals surface area contributed by atoms with E-state index in [1.807, 2.05) is 24.5 Å². The topological polar surface area (TPSA) is 118 Å². The smallest absolute Gasteiger partial charge is 0.261 e. The quantitative estimate of drug-likeness (QED) is 0.434. The summed E-state index contributed by atoms with van der Waals surface area (Å²) in [4.78, 5) is 27.2. The Morgan fingerprint density at radius 1 is 1.31 bits per heavy atom. The zero-order valence-electron chi connectivity index (χ0n) is 20.4. The number of anilines is 1. The summed E-state index contributed by atoms with van der Waals surface area (Å²) in [5, 5.41) is 27.4. The first kappa shape index (κ1) is 23.3. The van der Waals surface area contributed by atoms with Gasteiger partial charge in [-0.15, -0.1) is 0 Å². The Kier molecular flexibility index (Phi) is 5.98. The number of hydrogen-bond acceptors (Lipinski definition) is 7. The monoisotopic (exact) mass is 476 g/mol. The third-order valence-corrected chi connectivity index (χ3v) is 7.25. The molecule has 0 spiro atoms.